The lowest BCUT2D eigenvalue weighted by Gasteiger charge is -2.15. The van der Waals surface area contributed by atoms with Crippen molar-refractivity contribution >= 4 is 37.3 Å². The summed E-state index contributed by atoms with van der Waals surface area (Å²) in [5.74, 6) is 0. The molecule has 1 aromatic carbocycles. The Labute approximate surface area is 158 Å². The van der Waals surface area contributed by atoms with E-state index in [0.717, 1.165) is 21.5 Å². The molecule has 1 saturated heterocycles. The van der Waals surface area contributed by atoms with Crippen molar-refractivity contribution in [3.63, 3.8) is 0 Å². The fourth-order valence-corrected chi connectivity index (χ4v) is 6.56. The van der Waals surface area contributed by atoms with E-state index in [-0.39, 0.29) is 6.04 Å². The third kappa shape index (κ3) is 3.29. The Morgan fingerprint density at radius 2 is 1.96 bits per heavy atom. The number of thiophene rings is 1. The van der Waals surface area contributed by atoms with Crippen LogP contribution in [-0.2, 0) is 10.0 Å². The molecule has 1 aliphatic heterocycles. The number of hydrogen-bond donors (Lipinski definition) is 0. The summed E-state index contributed by atoms with van der Waals surface area (Å²) in [6.07, 6.45) is 2.61. The quantitative estimate of drug-likeness (QED) is 0.625. The van der Waals surface area contributed by atoms with Crippen LogP contribution in [0.4, 0.5) is 0 Å². The third-order valence-electron chi connectivity index (χ3n) is 4.22. The molecule has 9 heteroatoms. The molecule has 25 heavy (non-hydrogen) atoms. The lowest BCUT2D eigenvalue weighted by Crippen LogP contribution is -2.28. The molecule has 130 valence electrons. The standard InChI is InChI=1S/C16H15BrN4O2S2/c17-15-6-7-16(24-15)25(22,23)20-9-8-13(10-20)21-11-14(18-19-21)12-4-2-1-3-5-12/h1-7,11,13H,8-10H2/t13-/m0/s1. The molecule has 0 unspecified atom stereocenters. The molecule has 1 atom stereocenters. The van der Waals surface area contributed by atoms with Crippen molar-refractivity contribution in [1.82, 2.24) is 19.3 Å². The molecule has 0 amide bonds. The summed E-state index contributed by atoms with van der Waals surface area (Å²) >= 11 is 4.55. The van der Waals surface area contributed by atoms with E-state index < -0.39 is 10.0 Å². The van der Waals surface area contributed by atoms with Crippen molar-refractivity contribution in [2.24, 2.45) is 0 Å². The summed E-state index contributed by atoms with van der Waals surface area (Å²) in [5, 5.41) is 8.43. The molecule has 0 bridgehead atoms. The van der Waals surface area contributed by atoms with Crippen LogP contribution < -0.4 is 0 Å². The van der Waals surface area contributed by atoms with Gasteiger partial charge in [-0.05, 0) is 34.5 Å². The van der Waals surface area contributed by atoms with Crippen molar-refractivity contribution < 1.29 is 8.42 Å². The smallest absolute Gasteiger partial charge is 0.247 e. The maximum Gasteiger partial charge on any atom is 0.252 e. The number of sulfonamides is 1. The van der Waals surface area contributed by atoms with E-state index >= 15 is 0 Å². The summed E-state index contributed by atoms with van der Waals surface area (Å²) in [7, 11) is -3.44. The SMILES string of the molecule is O=S(=O)(c1ccc(Br)s1)N1CC[C@H](n2cc(-c3ccccc3)nn2)C1. The van der Waals surface area contributed by atoms with Crippen LogP contribution in [0, 0.1) is 0 Å². The van der Waals surface area contributed by atoms with Gasteiger partial charge in [0.15, 0.2) is 0 Å². The summed E-state index contributed by atoms with van der Waals surface area (Å²) in [6, 6.07) is 13.2. The van der Waals surface area contributed by atoms with Crippen LogP contribution in [0.2, 0.25) is 0 Å². The largest absolute Gasteiger partial charge is 0.252 e. The lowest BCUT2D eigenvalue weighted by atomic mass is 10.2. The zero-order valence-electron chi connectivity index (χ0n) is 13.1. The van der Waals surface area contributed by atoms with E-state index in [9.17, 15) is 8.42 Å². The van der Waals surface area contributed by atoms with Gasteiger partial charge in [0.05, 0.1) is 16.0 Å². The predicted molar refractivity (Wildman–Crippen MR) is 99.9 cm³/mol. The molecule has 3 aromatic rings. The van der Waals surface area contributed by atoms with Crippen molar-refractivity contribution in [3.8, 4) is 11.3 Å². The highest BCUT2D eigenvalue weighted by atomic mass is 79.9. The van der Waals surface area contributed by atoms with Gasteiger partial charge >= 0.3 is 0 Å². The number of nitrogens with zero attached hydrogens (tertiary/aromatic N) is 4. The van der Waals surface area contributed by atoms with Gasteiger partial charge in [-0.2, -0.15) is 4.31 Å². The monoisotopic (exact) mass is 438 g/mol. The van der Waals surface area contributed by atoms with Gasteiger partial charge in [-0.15, -0.1) is 16.4 Å². The highest BCUT2D eigenvalue weighted by Gasteiger charge is 2.34. The molecule has 0 saturated carbocycles. The average Bonchev–Trinajstić information content (AvgIpc) is 3.35. The highest BCUT2D eigenvalue weighted by Crippen LogP contribution is 2.32. The molecule has 6 nitrogen and oxygen atoms in total. The van der Waals surface area contributed by atoms with Gasteiger partial charge in [0.25, 0.3) is 10.0 Å². The van der Waals surface area contributed by atoms with Crippen molar-refractivity contribution in [2.75, 3.05) is 13.1 Å². The molecule has 4 rings (SSSR count). The van der Waals surface area contributed by atoms with E-state index in [1.165, 1.54) is 15.6 Å². The Morgan fingerprint density at radius 3 is 2.68 bits per heavy atom. The van der Waals surface area contributed by atoms with E-state index in [1.54, 1.807) is 16.8 Å². The Morgan fingerprint density at radius 1 is 1.16 bits per heavy atom. The summed E-state index contributed by atoms with van der Waals surface area (Å²) in [6.45, 7) is 0.901. The summed E-state index contributed by atoms with van der Waals surface area (Å²) in [5.41, 5.74) is 1.80. The second-order valence-corrected chi connectivity index (χ2v) is 10.4. The van der Waals surface area contributed by atoms with Crippen LogP contribution in [-0.4, -0.2) is 40.8 Å². The number of halogens is 1. The first-order valence-electron chi connectivity index (χ1n) is 7.77. The van der Waals surface area contributed by atoms with Crippen molar-refractivity contribution in [3.05, 3.63) is 52.4 Å². The molecule has 0 radical (unpaired) electrons. The summed E-state index contributed by atoms with van der Waals surface area (Å²) in [4.78, 5) is 0. The molecule has 1 fully saturated rings. The van der Waals surface area contributed by atoms with Gasteiger partial charge in [-0.1, -0.05) is 35.5 Å². The normalized spacial score (nSPS) is 18.7. The fraction of sp³-hybridized carbons (Fsp3) is 0.250. The van der Waals surface area contributed by atoms with Crippen LogP contribution in [0.1, 0.15) is 12.5 Å². The van der Waals surface area contributed by atoms with E-state index in [2.05, 4.69) is 26.2 Å². The van der Waals surface area contributed by atoms with Crippen LogP contribution >= 0.6 is 27.3 Å². The van der Waals surface area contributed by atoms with E-state index in [1.807, 2.05) is 36.5 Å². The second kappa shape index (κ2) is 6.64. The fourth-order valence-electron chi connectivity index (χ4n) is 2.90. The van der Waals surface area contributed by atoms with E-state index in [0.29, 0.717) is 17.3 Å². The molecule has 3 heterocycles. The van der Waals surface area contributed by atoms with Gasteiger partial charge in [-0.3, -0.25) is 0 Å². The van der Waals surface area contributed by atoms with Crippen LogP contribution in [0.25, 0.3) is 11.3 Å². The Hall–Kier alpha value is -1.55. The topological polar surface area (TPSA) is 68.1 Å². The molecule has 0 spiro atoms. The first kappa shape index (κ1) is 16.9. The Balaban J connectivity index is 1.52. The number of benzene rings is 1. The molecule has 0 N–H and O–H groups in total. The lowest BCUT2D eigenvalue weighted by molar-refractivity contribution is 0.429. The van der Waals surface area contributed by atoms with Crippen molar-refractivity contribution in [2.45, 2.75) is 16.7 Å². The first-order chi connectivity index (χ1) is 12.0. The summed E-state index contributed by atoms with van der Waals surface area (Å²) < 4.78 is 29.9. The van der Waals surface area contributed by atoms with Gasteiger partial charge in [0.1, 0.15) is 9.90 Å². The van der Waals surface area contributed by atoms with Crippen molar-refractivity contribution in [1.29, 1.82) is 0 Å². The number of hydrogen-bond acceptors (Lipinski definition) is 5. The maximum absolute atomic E-state index is 12.7. The van der Waals surface area contributed by atoms with Crippen LogP contribution in [0.5, 0.6) is 0 Å². The minimum atomic E-state index is -3.44. The van der Waals surface area contributed by atoms with E-state index in [4.69, 9.17) is 0 Å². The first-order valence-corrected chi connectivity index (χ1v) is 10.8. The molecule has 1 aliphatic rings. The third-order valence-corrected chi connectivity index (χ3v) is 8.18. The number of rotatable bonds is 4. The average molecular weight is 439 g/mol. The molecule has 0 aliphatic carbocycles. The zero-order chi connectivity index (χ0) is 17.4. The van der Waals surface area contributed by atoms with Gasteiger partial charge in [-0.25, -0.2) is 13.1 Å². The minimum Gasteiger partial charge on any atom is -0.247 e. The molecule has 2 aromatic heterocycles. The minimum absolute atomic E-state index is 0.00291. The molecular weight excluding hydrogens is 424 g/mol. The number of aromatic nitrogens is 3. The van der Waals surface area contributed by atoms with Crippen LogP contribution in [0.3, 0.4) is 0 Å². The zero-order valence-corrected chi connectivity index (χ0v) is 16.3. The Bertz CT molecular complexity index is 985. The molecular formula is C16H15BrN4O2S2. The predicted octanol–water partition coefficient (Wildman–Crippen LogP) is 3.40. The Kier molecular flexibility index (Phi) is 4.48. The van der Waals surface area contributed by atoms with Gasteiger partial charge < -0.3 is 0 Å². The van der Waals surface area contributed by atoms with Crippen LogP contribution in [0.15, 0.2) is 56.7 Å². The maximum atomic E-state index is 12.7. The van der Waals surface area contributed by atoms with Gasteiger partial charge in [0.2, 0.25) is 0 Å². The highest BCUT2D eigenvalue weighted by molar-refractivity contribution is 9.11. The van der Waals surface area contributed by atoms with Gasteiger partial charge in [0, 0.05) is 18.7 Å². The second-order valence-electron chi connectivity index (χ2n) is 5.81.